The van der Waals surface area contributed by atoms with Crippen LogP contribution in [0.2, 0.25) is 0 Å². The number of carbonyl (C=O) groups excluding carboxylic acids is 1. The van der Waals surface area contributed by atoms with Gasteiger partial charge in [0.15, 0.2) is 0 Å². The van der Waals surface area contributed by atoms with E-state index in [-0.39, 0.29) is 12.4 Å². The standard InChI is InChI=1S/C9H12N2O2/c1-3-13-9(12)4-8-6-10-7(2)5-11-8/h5-6H,3-4H2,1-2H3. The third-order valence-corrected chi connectivity index (χ3v) is 1.47. The average Bonchev–Trinajstić information content (AvgIpc) is 2.09. The third kappa shape index (κ3) is 3.19. The second-order valence-electron chi connectivity index (χ2n) is 2.63. The molecule has 0 bridgehead atoms. The molecule has 1 aromatic rings. The second-order valence-corrected chi connectivity index (χ2v) is 2.63. The number of carbonyl (C=O) groups is 1. The Morgan fingerprint density at radius 2 is 2.23 bits per heavy atom. The Hall–Kier alpha value is -1.45. The van der Waals surface area contributed by atoms with Crippen LogP contribution in [0.4, 0.5) is 0 Å². The normalized spacial score (nSPS) is 9.69. The quantitative estimate of drug-likeness (QED) is 0.648. The van der Waals surface area contributed by atoms with Gasteiger partial charge in [0.2, 0.25) is 0 Å². The molecular formula is C9H12N2O2. The van der Waals surface area contributed by atoms with E-state index < -0.39 is 0 Å². The summed E-state index contributed by atoms with van der Waals surface area (Å²) in [4.78, 5) is 19.1. The summed E-state index contributed by atoms with van der Waals surface area (Å²) in [7, 11) is 0. The highest BCUT2D eigenvalue weighted by Gasteiger charge is 2.04. The fourth-order valence-corrected chi connectivity index (χ4v) is 0.871. The molecule has 1 heterocycles. The summed E-state index contributed by atoms with van der Waals surface area (Å²) >= 11 is 0. The molecule has 0 amide bonds. The topological polar surface area (TPSA) is 52.1 Å². The first-order valence-corrected chi connectivity index (χ1v) is 4.15. The highest BCUT2D eigenvalue weighted by Crippen LogP contribution is 1.96. The van der Waals surface area contributed by atoms with E-state index in [0.717, 1.165) is 5.69 Å². The summed E-state index contributed by atoms with van der Waals surface area (Å²) in [6.07, 6.45) is 3.42. The van der Waals surface area contributed by atoms with E-state index in [4.69, 9.17) is 4.74 Å². The Kier molecular flexibility index (Phi) is 3.37. The second kappa shape index (κ2) is 4.54. The van der Waals surface area contributed by atoms with Crippen molar-refractivity contribution in [2.45, 2.75) is 20.3 Å². The van der Waals surface area contributed by atoms with Crippen LogP contribution in [0.3, 0.4) is 0 Å². The molecule has 0 unspecified atom stereocenters. The summed E-state index contributed by atoms with van der Waals surface area (Å²) in [6.45, 7) is 4.03. The van der Waals surface area contributed by atoms with Crippen LogP contribution in [0.25, 0.3) is 0 Å². The largest absolute Gasteiger partial charge is 0.466 e. The van der Waals surface area contributed by atoms with Crippen LogP contribution in [-0.2, 0) is 16.0 Å². The molecule has 0 N–H and O–H groups in total. The summed E-state index contributed by atoms with van der Waals surface area (Å²) in [5, 5.41) is 0. The maximum Gasteiger partial charge on any atom is 0.311 e. The number of rotatable bonds is 3. The number of nitrogens with zero attached hydrogens (tertiary/aromatic N) is 2. The minimum absolute atomic E-state index is 0.196. The highest BCUT2D eigenvalue weighted by atomic mass is 16.5. The molecule has 4 nitrogen and oxygen atoms in total. The van der Waals surface area contributed by atoms with Crippen LogP contribution < -0.4 is 0 Å². The molecule has 0 saturated carbocycles. The van der Waals surface area contributed by atoms with Crippen LogP contribution in [0.15, 0.2) is 12.4 Å². The monoisotopic (exact) mass is 180 g/mol. The van der Waals surface area contributed by atoms with E-state index in [1.165, 1.54) is 0 Å². The Balaban J connectivity index is 2.54. The van der Waals surface area contributed by atoms with Crippen molar-refractivity contribution in [1.29, 1.82) is 0 Å². The van der Waals surface area contributed by atoms with Crippen molar-refractivity contribution in [3.63, 3.8) is 0 Å². The van der Waals surface area contributed by atoms with Gasteiger partial charge in [-0.25, -0.2) is 0 Å². The van der Waals surface area contributed by atoms with Gasteiger partial charge >= 0.3 is 5.97 Å². The molecule has 0 saturated heterocycles. The van der Waals surface area contributed by atoms with E-state index in [0.29, 0.717) is 12.3 Å². The van der Waals surface area contributed by atoms with Crippen LogP contribution in [0.1, 0.15) is 18.3 Å². The minimum atomic E-state index is -0.263. The molecule has 70 valence electrons. The fraction of sp³-hybridized carbons (Fsp3) is 0.444. The minimum Gasteiger partial charge on any atom is -0.466 e. The smallest absolute Gasteiger partial charge is 0.311 e. The Labute approximate surface area is 77.0 Å². The predicted octanol–water partition coefficient (Wildman–Crippen LogP) is 0.891. The highest BCUT2D eigenvalue weighted by molar-refractivity contribution is 5.71. The van der Waals surface area contributed by atoms with Gasteiger partial charge in [0.1, 0.15) is 0 Å². The Bertz CT molecular complexity index is 282. The maximum absolute atomic E-state index is 11.0. The van der Waals surface area contributed by atoms with Crippen LogP contribution in [0, 0.1) is 6.92 Å². The number of hydrogen-bond donors (Lipinski definition) is 0. The van der Waals surface area contributed by atoms with E-state index in [2.05, 4.69) is 9.97 Å². The van der Waals surface area contributed by atoms with E-state index in [1.807, 2.05) is 6.92 Å². The zero-order valence-electron chi connectivity index (χ0n) is 7.78. The number of hydrogen-bond acceptors (Lipinski definition) is 4. The maximum atomic E-state index is 11.0. The van der Waals surface area contributed by atoms with Gasteiger partial charge < -0.3 is 4.74 Å². The van der Waals surface area contributed by atoms with Crippen LogP contribution in [-0.4, -0.2) is 22.5 Å². The zero-order chi connectivity index (χ0) is 9.68. The molecule has 0 aliphatic carbocycles. The number of esters is 1. The third-order valence-electron chi connectivity index (χ3n) is 1.47. The van der Waals surface area contributed by atoms with Crippen LogP contribution in [0.5, 0.6) is 0 Å². The first-order valence-electron chi connectivity index (χ1n) is 4.15. The summed E-state index contributed by atoms with van der Waals surface area (Å²) in [5.74, 6) is -0.263. The molecule has 0 fully saturated rings. The molecule has 13 heavy (non-hydrogen) atoms. The molecular weight excluding hydrogens is 168 g/mol. The van der Waals surface area contributed by atoms with Gasteiger partial charge in [0.05, 0.1) is 24.4 Å². The van der Waals surface area contributed by atoms with Crippen molar-refractivity contribution < 1.29 is 9.53 Å². The van der Waals surface area contributed by atoms with Gasteiger partial charge in [-0.15, -0.1) is 0 Å². The van der Waals surface area contributed by atoms with E-state index in [1.54, 1.807) is 19.3 Å². The molecule has 0 spiro atoms. The lowest BCUT2D eigenvalue weighted by molar-refractivity contribution is -0.142. The molecule has 1 rings (SSSR count). The van der Waals surface area contributed by atoms with Crippen molar-refractivity contribution in [3.05, 3.63) is 23.8 Å². The van der Waals surface area contributed by atoms with Gasteiger partial charge in [-0.3, -0.25) is 14.8 Å². The SMILES string of the molecule is CCOC(=O)Cc1cnc(C)cn1. The zero-order valence-corrected chi connectivity index (χ0v) is 7.78. The Morgan fingerprint density at radius 1 is 1.46 bits per heavy atom. The lowest BCUT2D eigenvalue weighted by atomic mass is 10.3. The number of aryl methyl sites for hydroxylation is 1. The molecule has 0 aromatic carbocycles. The van der Waals surface area contributed by atoms with Gasteiger partial charge in [-0.1, -0.05) is 0 Å². The average molecular weight is 180 g/mol. The molecule has 1 aromatic heterocycles. The first-order chi connectivity index (χ1) is 6.22. The van der Waals surface area contributed by atoms with Gasteiger partial charge in [-0.2, -0.15) is 0 Å². The predicted molar refractivity (Wildman–Crippen MR) is 47.1 cm³/mol. The van der Waals surface area contributed by atoms with Crippen LogP contribution >= 0.6 is 0 Å². The summed E-state index contributed by atoms with van der Waals surface area (Å²) < 4.78 is 4.77. The molecule has 4 heteroatoms. The molecule has 0 aliphatic rings. The van der Waals surface area contributed by atoms with Gasteiger partial charge in [0, 0.05) is 12.4 Å². The van der Waals surface area contributed by atoms with Crippen molar-refractivity contribution in [1.82, 2.24) is 9.97 Å². The molecule has 0 radical (unpaired) electrons. The molecule has 0 atom stereocenters. The number of aromatic nitrogens is 2. The lowest BCUT2D eigenvalue weighted by Crippen LogP contribution is -2.09. The van der Waals surface area contributed by atoms with E-state index in [9.17, 15) is 4.79 Å². The summed E-state index contributed by atoms with van der Waals surface area (Å²) in [6, 6.07) is 0. The van der Waals surface area contributed by atoms with Crippen molar-refractivity contribution >= 4 is 5.97 Å². The van der Waals surface area contributed by atoms with Crippen molar-refractivity contribution in [3.8, 4) is 0 Å². The van der Waals surface area contributed by atoms with Crippen molar-refractivity contribution in [2.75, 3.05) is 6.61 Å². The Morgan fingerprint density at radius 3 is 2.77 bits per heavy atom. The molecule has 0 aliphatic heterocycles. The number of ether oxygens (including phenoxy) is 1. The first kappa shape index (κ1) is 9.64. The van der Waals surface area contributed by atoms with Gasteiger partial charge in [-0.05, 0) is 13.8 Å². The van der Waals surface area contributed by atoms with E-state index >= 15 is 0 Å². The van der Waals surface area contributed by atoms with Gasteiger partial charge in [0.25, 0.3) is 0 Å². The fourth-order valence-electron chi connectivity index (χ4n) is 0.871. The summed E-state index contributed by atoms with van der Waals surface area (Å²) in [5.41, 5.74) is 1.48. The van der Waals surface area contributed by atoms with Crippen molar-refractivity contribution in [2.24, 2.45) is 0 Å². The lowest BCUT2D eigenvalue weighted by Gasteiger charge is -2.00.